The number of nitrogens with zero attached hydrogens (tertiary/aromatic N) is 2. The molecule has 0 atom stereocenters. The molecular formula is C13H10BrFN2O. The average molecular weight is 309 g/mol. The van der Waals surface area contributed by atoms with Gasteiger partial charge >= 0.3 is 0 Å². The second kappa shape index (κ2) is 5.35. The highest BCUT2D eigenvalue weighted by Crippen LogP contribution is 2.17. The maximum Gasteiger partial charge on any atom is 0.185 e. The average Bonchev–Trinajstić information content (AvgIpc) is 2.34. The molecule has 0 aliphatic carbocycles. The molecule has 3 nitrogen and oxygen atoms in total. The quantitative estimate of drug-likeness (QED) is 0.818. The predicted molar refractivity (Wildman–Crippen MR) is 68.9 cm³/mol. The summed E-state index contributed by atoms with van der Waals surface area (Å²) in [4.78, 5) is 19.9. The predicted octanol–water partition coefficient (Wildman–Crippen LogP) is 3.11. The number of ketones is 1. The van der Waals surface area contributed by atoms with Crippen molar-refractivity contribution in [1.82, 2.24) is 9.97 Å². The molecule has 0 fully saturated rings. The molecule has 5 heteroatoms. The zero-order valence-corrected chi connectivity index (χ0v) is 11.2. The summed E-state index contributed by atoms with van der Waals surface area (Å²) in [7, 11) is 0. The molecule has 0 radical (unpaired) electrons. The van der Waals surface area contributed by atoms with Gasteiger partial charge in [-0.1, -0.05) is 15.9 Å². The fourth-order valence-corrected chi connectivity index (χ4v) is 1.96. The number of carbonyl (C=O) groups is 1. The first-order chi connectivity index (χ1) is 8.56. The van der Waals surface area contributed by atoms with Crippen molar-refractivity contribution in [3.63, 3.8) is 0 Å². The number of carbonyl (C=O) groups excluding carboxylic acids is 1. The molecule has 1 aromatic heterocycles. The largest absolute Gasteiger partial charge is 0.292 e. The molecule has 1 aromatic carbocycles. The van der Waals surface area contributed by atoms with Crippen molar-refractivity contribution in [3.8, 4) is 0 Å². The van der Waals surface area contributed by atoms with Gasteiger partial charge in [0.2, 0.25) is 0 Å². The number of hydrogen-bond acceptors (Lipinski definition) is 3. The van der Waals surface area contributed by atoms with Gasteiger partial charge in [-0.2, -0.15) is 0 Å². The van der Waals surface area contributed by atoms with Gasteiger partial charge in [-0.3, -0.25) is 4.79 Å². The monoisotopic (exact) mass is 308 g/mol. The van der Waals surface area contributed by atoms with Crippen molar-refractivity contribution >= 4 is 21.7 Å². The summed E-state index contributed by atoms with van der Waals surface area (Å²) in [6.45, 7) is 1.70. The Morgan fingerprint density at radius 1 is 1.39 bits per heavy atom. The zero-order chi connectivity index (χ0) is 13.1. The van der Waals surface area contributed by atoms with E-state index >= 15 is 0 Å². The summed E-state index contributed by atoms with van der Waals surface area (Å²) in [6.07, 6.45) is 1.51. The molecule has 1 heterocycles. The van der Waals surface area contributed by atoms with Gasteiger partial charge in [0.05, 0.1) is 0 Å². The first-order valence-electron chi connectivity index (χ1n) is 5.33. The molecule has 0 aliphatic heterocycles. The lowest BCUT2D eigenvalue weighted by molar-refractivity contribution is 0.0986. The number of halogens is 2. The molecule has 2 aromatic rings. The van der Waals surface area contributed by atoms with Crippen molar-refractivity contribution in [1.29, 1.82) is 0 Å². The lowest BCUT2D eigenvalue weighted by Crippen LogP contribution is -2.08. The Labute approximate surface area is 112 Å². The topological polar surface area (TPSA) is 42.9 Å². The Hall–Kier alpha value is -1.62. The Morgan fingerprint density at radius 3 is 2.89 bits per heavy atom. The minimum absolute atomic E-state index is 0.0122. The Bertz CT molecular complexity index is 601. The van der Waals surface area contributed by atoms with E-state index in [4.69, 9.17) is 0 Å². The molecule has 0 unspecified atom stereocenters. The number of aryl methyl sites for hydroxylation is 1. The van der Waals surface area contributed by atoms with Crippen LogP contribution in [-0.4, -0.2) is 15.8 Å². The van der Waals surface area contributed by atoms with Gasteiger partial charge in [0.15, 0.2) is 5.78 Å². The highest BCUT2D eigenvalue weighted by Gasteiger charge is 2.12. The molecule has 0 spiro atoms. The van der Waals surface area contributed by atoms with Gasteiger partial charge in [-0.25, -0.2) is 14.4 Å². The van der Waals surface area contributed by atoms with Crippen LogP contribution < -0.4 is 0 Å². The van der Waals surface area contributed by atoms with Crippen molar-refractivity contribution in [2.24, 2.45) is 0 Å². The highest BCUT2D eigenvalue weighted by atomic mass is 79.9. The molecular weight excluding hydrogens is 299 g/mol. The van der Waals surface area contributed by atoms with E-state index in [-0.39, 0.29) is 12.2 Å². The van der Waals surface area contributed by atoms with E-state index in [9.17, 15) is 9.18 Å². The van der Waals surface area contributed by atoms with Gasteiger partial charge in [0, 0.05) is 17.1 Å². The van der Waals surface area contributed by atoms with Crippen molar-refractivity contribution in [2.75, 3.05) is 0 Å². The summed E-state index contributed by atoms with van der Waals surface area (Å²) in [5.41, 5.74) is 0.660. The molecule has 0 amide bonds. The van der Waals surface area contributed by atoms with E-state index in [0.717, 1.165) is 4.47 Å². The van der Waals surface area contributed by atoms with E-state index < -0.39 is 5.82 Å². The van der Waals surface area contributed by atoms with Crippen LogP contribution in [0.3, 0.4) is 0 Å². The molecule has 2 rings (SSSR count). The molecule has 92 valence electrons. The van der Waals surface area contributed by atoms with Crippen molar-refractivity contribution in [3.05, 3.63) is 57.8 Å². The molecule has 0 aliphatic rings. The summed E-state index contributed by atoms with van der Waals surface area (Å²) in [5.74, 6) is -0.0922. The Morgan fingerprint density at radius 2 is 2.17 bits per heavy atom. The maximum atomic E-state index is 13.5. The zero-order valence-electron chi connectivity index (χ0n) is 9.65. The van der Waals surface area contributed by atoms with Crippen LogP contribution in [0, 0.1) is 12.7 Å². The first-order valence-corrected chi connectivity index (χ1v) is 6.12. The van der Waals surface area contributed by atoms with Gasteiger partial charge in [-0.15, -0.1) is 0 Å². The van der Waals surface area contributed by atoms with Crippen LogP contribution in [0.1, 0.15) is 21.9 Å². The molecule has 0 bridgehead atoms. The van der Waals surface area contributed by atoms with Crippen LogP contribution in [0.25, 0.3) is 0 Å². The third-order valence-corrected chi connectivity index (χ3v) is 2.91. The fourth-order valence-electron chi connectivity index (χ4n) is 1.55. The SMILES string of the molecule is Cc1nccc(C(=O)Cc2cc(Br)ccc2F)n1. The normalized spacial score (nSPS) is 10.4. The Balaban J connectivity index is 2.24. The third-order valence-electron chi connectivity index (χ3n) is 2.42. The third kappa shape index (κ3) is 2.98. The number of aromatic nitrogens is 2. The molecule has 0 N–H and O–H groups in total. The van der Waals surface area contributed by atoms with Crippen LogP contribution in [0.4, 0.5) is 4.39 Å². The molecule has 0 saturated heterocycles. The van der Waals surface area contributed by atoms with E-state index in [1.807, 2.05) is 0 Å². The van der Waals surface area contributed by atoms with Gasteiger partial charge in [-0.05, 0) is 36.8 Å². The minimum Gasteiger partial charge on any atom is -0.292 e. The molecule has 0 saturated carbocycles. The maximum absolute atomic E-state index is 13.5. The number of rotatable bonds is 3. The fraction of sp³-hybridized carbons (Fsp3) is 0.154. The van der Waals surface area contributed by atoms with Crippen molar-refractivity contribution in [2.45, 2.75) is 13.3 Å². The second-order valence-corrected chi connectivity index (χ2v) is 4.74. The van der Waals surface area contributed by atoms with E-state index in [1.165, 1.54) is 18.3 Å². The summed E-state index contributed by atoms with van der Waals surface area (Å²) >= 11 is 3.25. The van der Waals surface area contributed by atoms with Crippen LogP contribution in [-0.2, 0) is 6.42 Å². The highest BCUT2D eigenvalue weighted by molar-refractivity contribution is 9.10. The van der Waals surface area contributed by atoms with E-state index in [0.29, 0.717) is 17.1 Å². The number of benzene rings is 1. The summed E-state index contributed by atoms with van der Waals surface area (Å²) < 4.78 is 14.3. The lowest BCUT2D eigenvalue weighted by Gasteiger charge is -2.03. The smallest absolute Gasteiger partial charge is 0.185 e. The molecule has 18 heavy (non-hydrogen) atoms. The second-order valence-electron chi connectivity index (χ2n) is 3.82. The minimum atomic E-state index is -0.391. The van der Waals surface area contributed by atoms with Crippen molar-refractivity contribution < 1.29 is 9.18 Å². The van der Waals surface area contributed by atoms with Crippen LogP contribution >= 0.6 is 15.9 Å². The number of Topliss-reactive ketones (excluding diaryl/α,β-unsaturated/α-hetero) is 1. The van der Waals surface area contributed by atoms with Crippen LogP contribution in [0.15, 0.2) is 34.9 Å². The van der Waals surface area contributed by atoms with Crippen LogP contribution in [0.5, 0.6) is 0 Å². The van der Waals surface area contributed by atoms with Gasteiger partial charge in [0.1, 0.15) is 17.3 Å². The number of hydrogen-bond donors (Lipinski definition) is 0. The standard InChI is InChI=1S/C13H10BrFN2O/c1-8-16-5-4-12(17-8)13(18)7-9-6-10(14)2-3-11(9)15/h2-6H,7H2,1H3. The van der Waals surface area contributed by atoms with E-state index in [2.05, 4.69) is 25.9 Å². The van der Waals surface area contributed by atoms with E-state index in [1.54, 1.807) is 19.1 Å². The lowest BCUT2D eigenvalue weighted by atomic mass is 10.1. The summed E-state index contributed by atoms with van der Waals surface area (Å²) in [6, 6.07) is 6.06. The summed E-state index contributed by atoms with van der Waals surface area (Å²) in [5, 5.41) is 0. The first kappa shape index (κ1) is 12.8. The Kier molecular flexibility index (Phi) is 3.81. The van der Waals surface area contributed by atoms with Crippen LogP contribution in [0.2, 0.25) is 0 Å². The van der Waals surface area contributed by atoms with Gasteiger partial charge in [0.25, 0.3) is 0 Å². The van der Waals surface area contributed by atoms with Gasteiger partial charge < -0.3 is 0 Å².